The minimum absolute atomic E-state index is 0.0497. The van der Waals surface area contributed by atoms with Gasteiger partial charge in [-0.25, -0.2) is 0 Å². The number of ether oxygens (including phenoxy) is 3. The molecule has 6 atom stereocenters. The lowest BCUT2D eigenvalue weighted by molar-refractivity contribution is -0.149. The van der Waals surface area contributed by atoms with Gasteiger partial charge in [0.2, 0.25) is 35.4 Å². The summed E-state index contributed by atoms with van der Waals surface area (Å²) in [5.41, 5.74) is 1.69. The van der Waals surface area contributed by atoms with Gasteiger partial charge in [-0.05, 0) is 73.9 Å². The van der Waals surface area contributed by atoms with Crippen molar-refractivity contribution in [1.29, 1.82) is 0 Å². The number of amides is 6. The van der Waals surface area contributed by atoms with Gasteiger partial charge in [0.1, 0.15) is 42.0 Å². The number of benzene rings is 3. The predicted octanol–water partition coefficient (Wildman–Crippen LogP) is 1.55. The highest BCUT2D eigenvalue weighted by Crippen LogP contribution is 2.38. The first-order chi connectivity index (χ1) is 27.0. The van der Waals surface area contributed by atoms with Gasteiger partial charge in [-0.2, -0.15) is 0 Å². The number of phenols is 1. The van der Waals surface area contributed by atoms with E-state index in [1.54, 1.807) is 48.5 Å². The van der Waals surface area contributed by atoms with Crippen LogP contribution in [0.1, 0.15) is 37.5 Å². The molecule has 3 heterocycles. The van der Waals surface area contributed by atoms with Crippen LogP contribution < -0.4 is 30.2 Å². The number of phenolic OH excluding ortho intramolecular Hbond substituents is 1. The van der Waals surface area contributed by atoms with E-state index in [1.165, 1.54) is 83.0 Å². The SMILES string of the molecule is COc1ccc(C[C@H]2C(=O)N[C@@H](C)C(=O)N(C)[C@H]3Cc4ccc(c(O)c4)Oc4cc(ccc4OC)C[C@@H](C(=O)N[C@H](C)C(=O)N[C@@H](C)C(=O)N2C)N(C)C3=O)cc1. The quantitative estimate of drug-likeness (QED) is 0.302. The molecule has 16 heteroatoms. The maximum Gasteiger partial charge on any atom is 0.246 e. The molecule has 0 radical (unpaired) electrons. The molecule has 16 nitrogen and oxygen atoms in total. The van der Waals surface area contributed by atoms with Crippen molar-refractivity contribution in [3.8, 4) is 28.7 Å². The van der Waals surface area contributed by atoms with E-state index >= 15 is 0 Å². The van der Waals surface area contributed by atoms with E-state index in [4.69, 9.17) is 14.2 Å². The first-order valence-electron chi connectivity index (χ1n) is 18.5. The van der Waals surface area contributed by atoms with E-state index in [0.29, 0.717) is 28.2 Å². The molecule has 304 valence electrons. The number of hydrogen-bond donors (Lipinski definition) is 4. The molecule has 1 saturated heterocycles. The molecule has 0 aromatic heterocycles. The summed E-state index contributed by atoms with van der Waals surface area (Å²) >= 11 is 0. The van der Waals surface area contributed by atoms with Crippen molar-refractivity contribution in [3.63, 3.8) is 0 Å². The van der Waals surface area contributed by atoms with E-state index < -0.39 is 71.7 Å². The maximum absolute atomic E-state index is 14.7. The van der Waals surface area contributed by atoms with Gasteiger partial charge < -0.3 is 50.0 Å². The second-order valence-corrected chi connectivity index (χ2v) is 14.4. The average Bonchev–Trinajstić information content (AvgIpc) is 3.19. The van der Waals surface area contributed by atoms with Gasteiger partial charge >= 0.3 is 0 Å². The van der Waals surface area contributed by atoms with Crippen LogP contribution in [-0.4, -0.2) is 127 Å². The Bertz CT molecular complexity index is 2020. The zero-order valence-electron chi connectivity index (χ0n) is 33.3. The summed E-state index contributed by atoms with van der Waals surface area (Å²) in [7, 11) is 7.26. The summed E-state index contributed by atoms with van der Waals surface area (Å²) in [6, 6.07) is 9.41. The van der Waals surface area contributed by atoms with Crippen LogP contribution in [0, 0.1) is 0 Å². The van der Waals surface area contributed by atoms with Crippen LogP contribution in [0.2, 0.25) is 0 Å². The Labute approximate surface area is 331 Å². The molecule has 6 rings (SSSR count). The van der Waals surface area contributed by atoms with Crippen molar-refractivity contribution in [2.45, 2.75) is 76.3 Å². The number of nitrogens with one attached hydrogen (secondary N) is 3. The fraction of sp³-hybridized carbons (Fsp3) is 0.415. The Hall–Kier alpha value is -6.32. The minimum atomic E-state index is -1.24. The Kier molecular flexibility index (Phi) is 13.0. The summed E-state index contributed by atoms with van der Waals surface area (Å²) in [4.78, 5) is 88.1. The largest absolute Gasteiger partial charge is 0.504 e. The van der Waals surface area contributed by atoms with Crippen LogP contribution in [0.4, 0.5) is 0 Å². The molecule has 0 unspecified atom stereocenters. The molecule has 4 N–H and O–H groups in total. The predicted molar refractivity (Wildman–Crippen MR) is 208 cm³/mol. The first-order valence-corrected chi connectivity index (χ1v) is 18.5. The summed E-state index contributed by atoms with van der Waals surface area (Å²) in [5, 5.41) is 19.1. The van der Waals surface area contributed by atoms with Crippen molar-refractivity contribution in [2.24, 2.45) is 0 Å². The van der Waals surface area contributed by atoms with Gasteiger partial charge in [-0.1, -0.05) is 24.3 Å². The van der Waals surface area contributed by atoms with Crippen molar-refractivity contribution in [3.05, 3.63) is 77.4 Å². The van der Waals surface area contributed by atoms with Crippen molar-refractivity contribution in [1.82, 2.24) is 30.7 Å². The molecule has 3 aromatic rings. The van der Waals surface area contributed by atoms with Gasteiger partial charge in [0, 0.05) is 40.4 Å². The molecule has 6 bridgehead atoms. The Morgan fingerprint density at radius 3 is 1.82 bits per heavy atom. The van der Waals surface area contributed by atoms with Crippen LogP contribution in [0.3, 0.4) is 0 Å². The summed E-state index contributed by atoms with van der Waals surface area (Å²) < 4.78 is 16.8. The monoisotopic (exact) mass is 786 g/mol. The number of nitrogens with zero attached hydrogens (tertiary/aromatic N) is 3. The zero-order valence-corrected chi connectivity index (χ0v) is 33.3. The molecular formula is C41H50N6O10. The normalized spacial score (nSPS) is 24.1. The second kappa shape index (κ2) is 17.6. The first kappa shape index (κ1) is 41.8. The van der Waals surface area contributed by atoms with E-state index in [-0.39, 0.29) is 36.5 Å². The molecule has 57 heavy (non-hydrogen) atoms. The van der Waals surface area contributed by atoms with Gasteiger partial charge in [0.15, 0.2) is 23.0 Å². The van der Waals surface area contributed by atoms with Crippen LogP contribution in [-0.2, 0) is 48.0 Å². The van der Waals surface area contributed by atoms with Crippen molar-refractivity contribution < 1.29 is 48.1 Å². The third-order valence-corrected chi connectivity index (χ3v) is 10.5. The van der Waals surface area contributed by atoms with Crippen LogP contribution in [0.25, 0.3) is 0 Å². The third kappa shape index (κ3) is 9.39. The minimum Gasteiger partial charge on any atom is -0.504 e. The average molecular weight is 787 g/mol. The Morgan fingerprint density at radius 1 is 0.632 bits per heavy atom. The lowest BCUT2D eigenvalue weighted by Crippen LogP contribution is -2.61. The number of hydrogen-bond acceptors (Lipinski definition) is 10. The van der Waals surface area contributed by atoms with Crippen LogP contribution in [0.5, 0.6) is 28.7 Å². The number of methoxy groups -OCH3 is 2. The van der Waals surface area contributed by atoms with E-state index in [2.05, 4.69) is 16.0 Å². The topological polar surface area (TPSA) is 196 Å². The lowest BCUT2D eigenvalue weighted by atomic mass is 9.98. The number of carbonyl (C=O) groups is 6. The number of carbonyl (C=O) groups excluding carboxylic acids is 6. The fourth-order valence-corrected chi connectivity index (χ4v) is 6.91. The van der Waals surface area contributed by atoms with Gasteiger partial charge in [-0.3, -0.25) is 28.8 Å². The van der Waals surface area contributed by atoms with Crippen LogP contribution >= 0.6 is 0 Å². The molecule has 0 aliphatic carbocycles. The molecule has 3 aliphatic rings. The number of likely N-dealkylation sites (N-methyl/N-ethyl adjacent to an activating group) is 3. The van der Waals surface area contributed by atoms with E-state index in [0.717, 1.165) is 0 Å². The maximum atomic E-state index is 14.7. The van der Waals surface area contributed by atoms with Crippen molar-refractivity contribution >= 4 is 35.4 Å². The molecule has 0 saturated carbocycles. The van der Waals surface area contributed by atoms with Crippen molar-refractivity contribution in [2.75, 3.05) is 35.4 Å². The molecule has 0 spiro atoms. The fourth-order valence-electron chi connectivity index (χ4n) is 6.91. The highest BCUT2D eigenvalue weighted by atomic mass is 16.5. The standard InChI is InChI=1S/C41H50N6O10/c1-22-36(49)43-23(2)39(52)45(4)29(17-25-9-13-28(55-7)14-10-25)38(51)44-24(3)40(53)47(6)31-19-26-11-15-33(32(48)20-26)57-35-21-27(12-16-34(35)56-8)18-30(37(50)42-22)46(5)41(31)54/h9-16,20-24,29-31,48H,17-19H2,1-8H3,(H,42,50)(H,43,49)(H,44,51)/t22-,23+,24+,29+,30+,31+/m1/s1. The summed E-state index contributed by atoms with van der Waals surface area (Å²) in [6.45, 7) is 4.38. The molecule has 6 amide bonds. The number of aromatic hydroxyl groups is 1. The van der Waals surface area contributed by atoms with Gasteiger partial charge in [0.25, 0.3) is 0 Å². The van der Waals surface area contributed by atoms with Gasteiger partial charge in [-0.15, -0.1) is 0 Å². The van der Waals surface area contributed by atoms with E-state index in [1.807, 2.05) is 0 Å². The smallest absolute Gasteiger partial charge is 0.246 e. The molecule has 1 fully saturated rings. The number of fused-ring (bicyclic) bond motifs is 2. The highest BCUT2D eigenvalue weighted by Gasteiger charge is 2.39. The third-order valence-electron chi connectivity index (χ3n) is 10.5. The van der Waals surface area contributed by atoms with Gasteiger partial charge in [0.05, 0.1) is 14.2 Å². The highest BCUT2D eigenvalue weighted by molar-refractivity contribution is 5.98. The van der Waals surface area contributed by atoms with E-state index in [9.17, 15) is 33.9 Å². The summed E-state index contributed by atoms with van der Waals surface area (Å²) in [5.74, 6) is -2.79. The second-order valence-electron chi connectivity index (χ2n) is 14.4. The Morgan fingerprint density at radius 2 is 1.19 bits per heavy atom. The zero-order chi connectivity index (χ0) is 41.7. The lowest BCUT2D eigenvalue weighted by Gasteiger charge is -2.36. The molecular weight excluding hydrogens is 736 g/mol. The number of rotatable bonds is 4. The summed E-state index contributed by atoms with van der Waals surface area (Å²) in [6.07, 6.45) is -0.108. The molecule has 3 aliphatic heterocycles. The van der Waals surface area contributed by atoms with Crippen LogP contribution in [0.15, 0.2) is 60.7 Å². The Balaban J connectivity index is 1.59. The molecule has 3 aromatic carbocycles.